The van der Waals surface area contributed by atoms with Crippen LogP contribution in [0.1, 0.15) is 24.0 Å². The van der Waals surface area contributed by atoms with Gasteiger partial charge in [-0.15, -0.1) is 0 Å². The van der Waals surface area contributed by atoms with Crippen molar-refractivity contribution < 1.29 is 0 Å². The highest BCUT2D eigenvalue weighted by Gasteiger charge is 2.25. The number of hydrogen-bond donors (Lipinski definition) is 0. The van der Waals surface area contributed by atoms with E-state index in [-0.39, 0.29) is 0 Å². The van der Waals surface area contributed by atoms with Crippen molar-refractivity contribution in [3.05, 3.63) is 67.6 Å². The van der Waals surface area contributed by atoms with Crippen LogP contribution in [0.15, 0.2) is 36.4 Å². The number of hydrogen-bond acceptors (Lipinski definition) is 2. The van der Waals surface area contributed by atoms with Gasteiger partial charge in [0.1, 0.15) is 0 Å². The van der Waals surface area contributed by atoms with Gasteiger partial charge in [-0.1, -0.05) is 64.6 Å². The molecule has 0 spiro atoms. The van der Waals surface area contributed by atoms with Gasteiger partial charge >= 0.3 is 0 Å². The first-order chi connectivity index (χ1) is 17.2. The van der Waals surface area contributed by atoms with E-state index in [1.807, 2.05) is 30.3 Å². The molecule has 0 unspecified atom stereocenters. The van der Waals surface area contributed by atoms with Crippen LogP contribution in [-0.2, 0) is 12.8 Å². The predicted molar refractivity (Wildman–Crippen MR) is 161 cm³/mol. The van der Waals surface area contributed by atoms with Crippen molar-refractivity contribution in [2.45, 2.75) is 25.7 Å². The van der Waals surface area contributed by atoms with Crippen LogP contribution in [0, 0.1) is 0 Å². The lowest BCUT2D eigenvalue weighted by Gasteiger charge is -2.23. The summed E-state index contributed by atoms with van der Waals surface area (Å²) in [5.74, 6) is 0. The van der Waals surface area contributed by atoms with Gasteiger partial charge in [0.15, 0.2) is 0 Å². The van der Waals surface area contributed by atoms with Crippen LogP contribution in [0.3, 0.4) is 0 Å². The monoisotopic (exact) mass is 558 g/mol. The third kappa shape index (κ3) is 4.41. The standard InChI is InChI=1S/C30H30Cl4N2/c1-35(2)15-5-7-18-19-11-14-23(33)28-25(19)29(30(34)20(18)8-6-16-36(3)4)27-22(32)13-10-17-9-12-21(31)26(28)24(17)27/h9-14H,5-8,15-16H2,1-4H3. The van der Waals surface area contributed by atoms with Crippen LogP contribution in [-0.4, -0.2) is 51.1 Å². The summed E-state index contributed by atoms with van der Waals surface area (Å²) in [4.78, 5) is 4.45. The normalized spacial score (nSPS) is 12.5. The summed E-state index contributed by atoms with van der Waals surface area (Å²) >= 11 is 28.1. The molecule has 0 saturated heterocycles. The minimum absolute atomic E-state index is 0.673. The highest BCUT2D eigenvalue weighted by Crippen LogP contribution is 2.51. The molecule has 0 aromatic heterocycles. The van der Waals surface area contributed by atoms with E-state index in [4.69, 9.17) is 46.4 Å². The van der Waals surface area contributed by atoms with Crippen LogP contribution >= 0.6 is 46.4 Å². The molecule has 5 aromatic rings. The van der Waals surface area contributed by atoms with Crippen LogP contribution in [0.25, 0.3) is 43.1 Å². The third-order valence-corrected chi connectivity index (χ3v) is 8.59. The number of benzene rings is 5. The van der Waals surface area contributed by atoms with E-state index >= 15 is 0 Å². The van der Waals surface area contributed by atoms with Gasteiger partial charge in [0.2, 0.25) is 0 Å². The first-order valence-electron chi connectivity index (χ1n) is 12.4. The van der Waals surface area contributed by atoms with E-state index in [9.17, 15) is 0 Å². The Morgan fingerprint density at radius 3 is 1.56 bits per heavy atom. The summed E-state index contributed by atoms with van der Waals surface area (Å²) in [5.41, 5.74) is 2.54. The van der Waals surface area contributed by atoms with Crippen LogP contribution in [0.2, 0.25) is 20.1 Å². The molecule has 0 aliphatic heterocycles. The van der Waals surface area contributed by atoms with Crippen molar-refractivity contribution in [3.63, 3.8) is 0 Å². The van der Waals surface area contributed by atoms with Gasteiger partial charge in [0.05, 0.1) is 5.02 Å². The average molecular weight is 560 g/mol. The maximum Gasteiger partial charge on any atom is 0.0526 e. The van der Waals surface area contributed by atoms with Crippen molar-refractivity contribution in [2.75, 3.05) is 41.3 Å². The number of rotatable bonds is 8. The number of fused-ring (bicyclic) bond motifs is 2. The van der Waals surface area contributed by atoms with E-state index in [1.165, 1.54) is 16.5 Å². The fourth-order valence-electron chi connectivity index (χ4n) is 5.67. The molecule has 188 valence electrons. The topological polar surface area (TPSA) is 6.48 Å². The largest absolute Gasteiger partial charge is 0.309 e. The lowest BCUT2D eigenvalue weighted by Crippen LogP contribution is -2.15. The minimum Gasteiger partial charge on any atom is -0.309 e. The summed E-state index contributed by atoms with van der Waals surface area (Å²) < 4.78 is 0. The van der Waals surface area contributed by atoms with Gasteiger partial charge in [-0.3, -0.25) is 0 Å². The summed E-state index contributed by atoms with van der Waals surface area (Å²) in [6.45, 7) is 2.01. The number of halogens is 4. The van der Waals surface area contributed by atoms with Gasteiger partial charge < -0.3 is 9.80 Å². The van der Waals surface area contributed by atoms with Crippen molar-refractivity contribution in [2.24, 2.45) is 0 Å². The quantitative estimate of drug-likeness (QED) is 0.138. The highest BCUT2D eigenvalue weighted by atomic mass is 35.5. The van der Waals surface area contributed by atoms with E-state index < -0.39 is 0 Å². The Labute approximate surface area is 233 Å². The molecule has 0 radical (unpaired) electrons. The van der Waals surface area contributed by atoms with Crippen molar-refractivity contribution in [1.82, 2.24) is 9.80 Å². The van der Waals surface area contributed by atoms with Crippen molar-refractivity contribution in [1.29, 1.82) is 0 Å². The second-order valence-corrected chi connectivity index (χ2v) is 11.8. The molecular formula is C30H30Cl4N2. The van der Waals surface area contributed by atoms with Crippen LogP contribution < -0.4 is 0 Å². The lowest BCUT2D eigenvalue weighted by atomic mass is 9.84. The predicted octanol–water partition coefficient (Wildman–Crippen LogP) is 9.34. The summed E-state index contributed by atoms with van der Waals surface area (Å²) in [6.07, 6.45) is 3.93. The first-order valence-corrected chi connectivity index (χ1v) is 13.9. The molecule has 0 N–H and O–H groups in total. The van der Waals surface area contributed by atoms with Crippen LogP contribution in [0.4, 0.5) is 0 Å². The lowest BCUT2D eigenvalue weighted by molar-refractivity contribution is 0.397. The summed E-state index contributed by atoms with van der Waals surface area (Å²) in [6, 6.07) is 12.2. The highest BCUT2D eigenvalue weighted by molar-refractivity contribution is 6.53. The fraction of sp³-hybridized carbons (Fsp3) is 0.333. The fourth-order valence-corrected chi connectivity index (χ4v) is 6.82. The van der Waals surface area contributed by atoms with Crippen LogP contribution in [0.5, 0.6) is 0 Å². The molecule has 5 rings (SSSR count). The zero-order chi connectivity index (χ0) is 25.7. The molecule has 0 heterocycles. The van der Waals surface area contributed by atoms with Crippen molar-refractivity contribution in [3.8, 4) is 0 Å². The average Bonchev–Trinajstić information content (AvgIpc) is 2.82. The SMILES string of the molecule is CN(C)CCCc1c(CCCN(C)C)c2ccc(Cl)c3c4c(Cl)ccc5ccc(Cl)c(c(c1Cl)c23)c54. The van der Waals surface area contributed by atoms with Gasteiger partial charge in [-0.05, 0) is 107 Å². The van der Waals surface area contributed by atoms with E-state index in [1.54, 1.807) is 0 Å². The Kier molecular flexibility index (Phi) is 7.49. The number of aryl methyl sites for hydroxylation is 1. The van der Waals surface area contributed by atoms with E-state index in [0.29, 0.717) is 15.1 Å². The van der Waals surface area contributed by atoms with Gasteiger partial charge in [0, 0.05) is 47.4 Å². The third-order valence-electron chi connectivity index (χ3n) is 7.23. The Morgan fingerprint density at radius 1 is 0.528 bits per heavy atom. The molecule has 0 aliphatic carbocycles. The van der Waals surface area contributed by atoms with Gasteiger partial charge in [0.25, 0.3) is 0 Å². The zero-order valence-electron chi connectivity index (χ0n) is 21.1. The smallest absolute Gasteiger partial charge is 0.0526 e. The van der Waals surface area contributed by atoms with E-state index in [0.717, 1.165) is 81.5 Å². The second-order valence-electron chi connectivity index (χ2n) is 10.2. The second kappa shape index (κ2) is 10.3. The molecule has 0 amide bonds. The molecule has 0 atom stereocenters. The maximum atomic E-state index is 7.41. The Bertz CT molecular complexity index is 1580. The summed E-state index contributed by atoms with van der Waals surface area (Å²) in [5, 5.41) is 11.1. The molecule has 0 saturated carbocycles. The molecular weight excluding hydrogens is 530 g/mol. The molecule has 2 nitrogen and oxygen atoms in total. The molecule has 36 heavy (non-hydrogen) atoms. The zero-order valence-corrected chi connectivity index (χ0v) is 24.1. The molecule has 6 heteroatoms. The molecule has 5 aromatic carbocycles. The Morgan fingerprint density at radius 2 is 1.00 bits per heavy atom. The maximum absolute atomic E-state index is 7.41. The Balaban J connectivity index is 1.95. The number of nitrogens with zero attached hydrogens (tertiary/aromatic N) is 2. The van der Waals surface area contributed by atoms with Crippen molar-refractivity contribution >= 4 is 89.5 Å². The van der Waals surface area contributed by atoms with Gasteiger partial charge in [-0.2, -0.15) is 0 Å². The minimum atomic E-state index is 0.673. The molecule has 0 fully saturated rings. The van der Waals surface area contributed by atoms with Gasteiger partial charge in [-0.25, -0.2) is 0 Å². The Hall–Kier alpha value is -1.52. The first kappa shape index (κ1) is 26.1. The van der Waals surface area contributed by atoms with E-state index in [2.05, 4.69) is 44.1 Å². The molecule has 0 aliphatic rings. The molecule has 0 bridgehead atoms. The summed E-state index contributed by atoms with van der Waals surface area (Å²) in [7, 11) is 8.45.